The lowest BCUT2D eigenvalue weighted by atomic mass is 10.1. The van der Waals surface area contributed by atoms with E-state index in [1.165, 1.54) is 33.6 Å². The van der Waals surface area contributed by atoms with E-state index in [4.69, 9.17) is 0 Å². The predicted octanol–water partition coefficient (Wildman–Crippen LogP) is 3.96. The molecule has 6 nitrogen and oxygen atoms in total. The molecule has 0 saturated carbocycles. The summed E-state index contributed by atoms with van der Waals surface area (Å²) in [5.74, 6) is 0.149. The van der Waals surface area contributed by atoms with Gasteiger partial charge in [-0.15, -0.1) is 11.3 Å². The number of aromatic hydroxyl groups is 1. The molecule has 0 aliphatic carbocycles. The minimum absolute atomic E-state index is 0.0444. The Morgan fingerprint density at radius 1 is 1.38 bits per heavy atom. The fourth-order valence-corrected chi connectivity index (χ4v) is 4.64. The molecule has 3 heterocycles. The molecule has 0 amide bonds. The molecule has 0 radical (unpaired) electrons. The minimum atomic E-state index is -1.53. The van der Waals surface area contributed by atoms with Crippen molar-refractivity contribution >= 4 is 27.8 Å². The molecule has 8 heteroatoms. The summed E-state index contributed by atoms with van der Waals surface area (Å²) in [6, 6.07) is 3.69. The number of nitrogens with one attached hydrogen (secondary N) is 1. The van der Waals surface area contributed by atoms with Gasteiger partial charge in [-0.05, 0) is 29.9 Å². The third kappa shape index (κ3) is 4.18. The van der Waals surface area contributed by atoms with Gasteiger partial charge in [0.2, 0.25) is 0 Å². The number of allylic oxidation sites excluding steroid dienone is 2. The summed E-state index contributed by atoms with van der Waals surface area (Å²) in [6.07, 6.45) is 3.76. The van der Waals surface area contributed by atoms with Crippen LogP contribution in [-0.2, 0) is 17.3 Å². The van der Waals surface area contributed by atoms with Crippen LogP contribution in [0.4, 0.5) is 0 Å². The fraction of sp³-hybridized carbons (Fsp3) is 0.238. The molecular formula is C21H23N3O3S2. The Kier molecular flexibility index (Phi) is 6.34. The van der Waals surface area contributed by atoms with Crippen molar-refractivity contribution in [3.8, 4) is 16.3 Å². The maximum absolute atomic E-state index is 13.2. The predicted molar refractivity (Wildman–Crippen MR) is 120 cm³/mol. The summed E-state index contributed by atoms with van der Waals surface area (Å²) in [7, 11) is -1.53. The molecule has 1 aliphatic heterocycles. The van der Waals surface area contributed by atoms with Crippen LogP contribution >= 0.6 is 11.3 Å². The lowest BCUT2D eigenvalue weighted by molar-refractivity contribution is 0.443. The van der Waals surface area contributed by atoms with Gasteiger partial charge in [0.25, 0.3) is 5.56 Å². The molecule has 1 unspecified atom stereocenters. The van der Waals surface area contributed by atoms with Crippen molar-refractivity contribution in [2.75, 3.05) is 0 Å². The van der Waals surface area contributed by atoms with E-state index in [0.29, 0.717) is 28.8 Å². The highest BCUT2D eigenvalue weighted by atomic mass is 32.2. The average Bonchev–Trinajstić information content (AvgIpc) is 3.21. The van der Waals surface area contributed by atoms with Crippen LogP contribution in [0.1, 0.15) is 25.8 Å². The SMILES string of the molecule is C=CC1=C(C=C)S(=O)C=C(c2c(O)c(-c3cccs3)nn(CCC(C)C)c2=O)N1. The maximum Gasteiger partial charge on any atom is 0.279 e. The standard InChI is InChI=1S/C21H23N3O3S2/c1-5-14-17(6-2)29(27)12-15(22-14)18-20(25)19(16-8-7-11-28-16)23-24(21(18)26)10-9-13(3)4/h5-8,11-13,22,25H,1-2,9-10H2,3-4H3. The Morgan fingerprint density at radius 2 is 2.14 bits per heavy atom. The molecule has 0 saturated heterocycles. The monoisotopic (exact) mass is 429 g/mol. The van der Waals surface area contributed by atoms with Gasteiger partial charge in [0.1, 0.15) is 11.3 Å². The lowest BCUT2D eigenvalue weighted by Gasteiger charge is -2.21. The Bertz CT molecular complexity index is 1090. The van der Waals surface area contributed by atoms with E-state index in [-0.39, 0.29) is 17.0 Å². The number of nitrogens with zero attached hydrogens (tertiary/aromatic N) is 2. The summed E-state index contributed by atoms with van der Waals surface area (Å²) < 4.78 is 14.0. The minimum Gasteiger partial charge on any atom is -0.505 e. The van der Waals surface area contributed by atoms with E-state index in [1.807, 2.05) is 17.5 Å². The molecule has 29 heavy (non-hydrogen) atoms. The molecule has 1 aliphatic rings. The largest absolute Gasteiger partial charge is 0.505 e. The highest BCUT2D eigenvalue weighted by Gasteiger charge is 2.26. The van der Waals surface area contributed by atoms with Crippen LogP contribution in [-0.4, -0.2) is 19.1 Å². The van der Waals surface area contributed by atoms with Gasteiger partial charge in [0, 0.05) is 12.0 Å². The highest BCUT2D eigenvalue weighted by molar-refractivity contribution is 7.92. The van der Waals surface area contributed by atoms with Crippen molar-refractivity contribution in [2.45, 2.75) is 26.8 Å². The van der Waals surface area contributed by atoms with E-state index in [9.17, 15) is 14.1 Å². The zero-order chi connectivity index (χ0) is 21.1. The van der Waals surface area contributed by atoms with Gasteiger partial charge in [-0.25, -0.2) is 8.89 Å². The number of aryl methyl sites for hydroxylation is 1. The second kappa shape index (κ2) is 8.75. The number of thiophene rings is 1. The first-order chi connectivity index (χ1) is 13.9. The zero-order valence-electron chi connectivity index (χ0n) is 16.3. The second-order valence-corrected chi connectivity index (χ2v) is 9.12. The van der Waals surface area contributed by atoms with Gasteiger partial charge in [-0.1, -0.05) is 39.1 Å². The molecule has 152 valence electrons. The average molecular weight is 430 g/mol. The van der Waals surface area contributed by atoms with E-state index >= 15 is 0 Å². The number of hydrogen-bond acceptors (Lipinski definition) is 6. The molecule has 2 aromatic heterocycles. The van der Waals surface area contributed by atoms with Crippen molar-refractivity contribution in [1.82, 2.24) is 15.1 Å². The van der Waals surface area contributed by atoms with Crippen LogP contribution in [0.3, 0.4) is 0 Å². The topological polar surface area (TPSA) is 84.2 Å². The Hall–Kier alpha value is -2.71. The van der Waals surface area contributed by atoms with Crippen LogP contribution in [0.15, 0.2) is 63.6 Å². The van der Waals surface area contributed by atoms with Gasteiger partial charge in [-0.2, -0.15) is 5.10 Å². The molecule has 0 fully saturated rings. The normalized spacial score (nSPS) is 16.5. The van der Waals surface area contributed by atoms with Crippen LogP contribution in [0.25, 0.3) is 16.3 Å². The molecule has 1 atom stereocenters. The summed E-state index contributed by atoms with van der Waals surface area (Å²) in [6.45, 7) is 12.0. The first-order valence-electron chi connectivity index (χ1n) is 9.14. The van der Waals surface area contributed by atoms with E-state index in [0.717, 1.165) is 11.3 Å². The molecule has 2 N–H and O–H groups in total. The number of aromatic nitrogens is 2. The smallest absolute Gasteiger partial charge is 0.279 e. The summed E-state index contributed by atoms with van der Waals surface area (Å²) >= 11 is 1.42. The van der Waals surface area contributed by atoms with E-state index in [2.05, 4.69) is 37.4 Å². The van der Waals surface area contributed by atoms with Gasteiger partial charge in [0.15, 0.2) is 5.75 Å². The van der Waals surface area contributed by atoms with Gasteiger partial charge < -0.3 is 10.4 Å². The number of rotatable bonds is 7. The van der Waals surface area contributed by atoms with Crippen LogP contribution in [0, 0.1) is 5.92 Å². The lowest BCUT2D eigenvalue weighted by Crippen LogP contribution is -2.31. The van der Waals surface area contributed by atoms with Crippen molar-refractivity contribution < 1.29 is 9.32 Å². The Morgan fingerprint density at radius 3 is 2.72 bits per heavy atom. The molecule has 0 aromatic carbocycles. The third-order valence-electron chi connectivity index (χ3n) is 4.44. The van der Waals surface area contributed by atoms with Crippen molar-refractivity contribution in [2.24, 2.45) is 5.92 Å². The van der Waals surface area contributed by atoms with E-state index in [1.54, 1.807) is 0 Å². The molecule has 2 aromatic rings. The quantitative estimate of drug-likeness (QED) is 0.696. The molecule has 3 rings (SSSR count). The van der Waals surface area contributed by atoms with Gasteiger partial charge in [0.05, 0.1) is 32.0 Å². The van der Waals surface area contributed by atoms with Crippen molar-refractivity contribution in [3.05, 3.63) is 74.8 Å². The Labute approximate surface area is 176 Å². The van der Waals surface area contributed by atoms with Crippen molar-refractivity contribution in [1.29, 1.82) is 0 Å². The second-order valence-electron chi connectivity index (χ2n) is 6.90. The molecular weight excluding hydrogens is 406 g/mol. The summed E-state index contributed by atoms with van der Waals surface area (Å²) in [4.78, 5) is 14.4. The first kappa shape index (κ1) is 21.0. The highest BCUT2D eigenvalue weighted by Crippen LogP contribution is 2.35. The molecule has 0 bridgehead atoms. The molecule has 0 spiro atoms. The maximum atomic E-state index is 13.2. The summed E-state index contributed by atoms with van der Waals surface area (Å²) in [5, 5.41) is 21.7. The summed E-state index contributed by atoms with van der Waals surface area (Å²) in [5.41, 5.74) is 0.681. The zero-order valence-corrected chi connectivity index (χ0v) is 18.0. The first-order valence-corrected chi connectivity index (χ1v) is 11.2. The van der Waals surface area contributed by atoms with Crippen LogP contribution < -0.4 is 10.9 Å². The Balaban J connectivity index is 2.20. The van der Waals surface area contributed by atoms with E-state index < -0.39 is 16.4 Å². The van der Waals surface area contributed by atoms with Crippen LogP contribution in [0.5, 0.6) is 5.75 Å². The number of hydrogen-bond donors (Lipinski definition) is 2. The fourth-order valence-electron chi connectivity index (χ4n) is 2.90. The van der Waals surface area contributed by atoms with Crippen LogP contribution in [0.2, 0.25) is 0 Å². The van der Waals surface area contributed by atoms with Gasteiger partial charge >= 0.3 is 0 Å². The van der Waals surface area contributed by atoms with Crippen molar-refractivity contribution in [3.63, 3.8) is 0 Å². The van der Waals surface area contributed by atoms with Gasteiger partial charge in [-0.3, -0.25) is 4.79 Å². The third-order valence-corrected chi connectivity index (χ3v) is 6.58.